The number of aromatic nitrogens is 3. The molecule has 3 aromatic rings. The van der Waals surface area contributed by atoms with Crippen LogP contribution in [0.4, 0.5) is 5.95 Å². The lowest BCUT2D eigenvalue weighted by Crippen LogP contribution is -2.21. The second-order valence-corrected chi connectivity index (χ2v) is 6.05. The molecule has 0 aliphatic rings. The topological polar surface area (TPSA) is 70.9 Å². The van der Waals surface area contributed by atoms with Gasteiger partial charge < -0.3 is 10.4 Å². The molecule has 0 amide bonds. The summed E-state index contributed by atoms with van der Waals surface area (Å²) in [4.78, 5) is 12.9. The van der Waals surface area contributed by atoms with E-state index in [4.69, 9.17) is 0 Å². The molecule has 6 heteroatoms. The fraction of sp³-hybridized carbons (Fsp3) is 0.235. The van der Waals surface area contributed by atoms with Crippen molar-refractivity contribution in [1.82, 2.24) is 15.0 Å². The van der Waals surface area contributed by atoms with Crippen LogP contribution in [0.25, 0.3) is 11.3 Å². The zero-order chi connectivity index (χ0) is 15.9. The highest BCUT2D eigenvalue weighted by Gasteiger charge is 2.10. The lowest BCUT2D eigenvalue weighted by molar-refractivity contribution is 0.232. The zero-order valence-electron chi connectivity index (χ0n) is 12.6. The van der Waals surface area contributed by atoms with Crippen molar-refractivity contribution in [2.75, 3.05) is 18.5 Å². The molecule has 3 heterocycles. The highest BCUT2D eigenvalue weighted by atomic mass is 32.1. The number of nitrogens with one attached hydrogen (secondary N) is 1. The molecule has 1 atom stereocenters. The van der Waals surface area contributed by atoms with Crippen LogP contribution in [0.2, 0.25) is 0 Å². The van der Waals surface area contributed by atoms with Crippen molar-refractivity contribution >= 4 is 17.3 Å². The Kier molecular flexibility index (Phi) is 5.29. The predicted molar refractivity (Wildman–Crippen MR) is 92.4 cm³/mol. The van der Waals surface area contributed by atoms with Crippen molar-refractivity contribution < 1.29 is 5.11 Å². The summed E-state index contributed by atoms with van der Waals surface area (Å²) in [6, 6.07) is 7.79. The molecule has 3 aromatic heterocycles. The van der Waals surface area contributed by atoms with Crippen molar-refractivity contribution in [3.05, 3.63) is 59.2 Å². The number of hydrogen-bond acceptors (Lipinski definition) is 6. The third kappa shape index (κ3) is 4.34. The van der Waals surface area contributed by atoms with Gasteiger partial charge in [0.1, 0.15) is 0 Å². The number of aliphatic hydroxyl groups is 1. The maximum Gasteiger partial charge on any atom is 0.223 e. The number of nitrogens with zero attached hydrogens (tertiary/aromatic N) is 3. The van der Waals surface area contributed by atoms with Gasteiger partial charge in [-0.3, -0.25) is 4.98 Å². The fourth-order valence-corrected chi connectivity index (χ4v) is 2.98. The van der Waals surface area contributed by atoms with Gasteiger partial charge in [0.05, 0.1) is 5.69 Å². The number of thiophene rings is 1. The van der Waals surface area contributed by atoms with Crippen molar-refractivity contribution in [1.29, 1.82) is 0 Å². The van der Waals surface area contributed by atoms with Gasteiger partial charge in [-0.1, -0.05) is 0 Å². The first-order chi connectivity index (χ1) is 11.3. The molecule has 0 spiro atoms. The quantitative estimate of drug-likeness (QED) is 0.698. The summed E-state index contributed by atoms with van der Waals surface area (Å²) in [7, 11) is 0. The van der Waals surface area contributed by atoms with Gasteiger partial charge in [-0.25, -0.2) is 9.97 Å². The number of aliphatic hydroxyl groups excluding tert-OH is 1. The molecule has 2 N–H and O–H groups in total. The monoisotopic (exact) mass is 326 g/mol. The van der Waals surface area contributed by atoms with Crippen LogP contribution < -0.4 is 5.32 Å². The van der Waals surface area contributed by atoms with Gasteiger partial charge in [0.2, 0.25) is 5.95 Å². The minimum atomic E-state index is 0.130. The van der Waals surface area contributed by atoms with E-state index in [2.05, 4.69) is 37.1 Å². The van der Waals surface area contributed by atoms with Gasteiger partial charge >= 0.3 is 0 Å². The molecule has 0 saturated heterocycles. The summed E-state index contributed by atoms with van der Waals surface area (Å²) in [6.45, 7) is 0.758. The van der Waals surface area contributed by atoms with E-state index in [0.29, 0.717) is 12.5 Å². The molecule has 0 bridgehead atoms. The van der Waals surface area contributed by atoms with Crippen molar-refractivity contribution in [2.45, 2.75) is 6.42 Å². The van der Waals surface area contributed by atoms with Crippen LogP contribution in [0.1, 0.15) is 5.56 Å². The van der Waals surface area contributed by atoms with E-state index in [9.17, 15) is 5.11 Å². The fourth-order valence-electron chi connectivity index (χ4n) is 2.30. The second-order valence-electron chi connectivity index (χ2n) is 5.27. The van der Waals surface area contributed by atoms with Crippen molar-refractivity contribution in [3.63, 3.8) is 0 Å². The molecule has 5 nitrogen and oxygen atoms in total. The number of rotatable bonds is 7. The Labute approximate surface area is 139 Å². The minimum Gasteiger partial charge on any atom is -0.396 e. The van der Waals surface area contributed by atoms with Crippen LogP contribution in [-0.4, -0.2) is 33.2 Å². The maximum absolute atomic E-state index is 9.55. The van der Waals surface area contributed by atoms with Crippen LogP contribution in [0.5, 0.6) is 0 Å². The third-order valence-electron chi connectivity index (χ3n) is 3.52. The minimum absolute atomic E-state index is 0.130. The summed E-state index contributed by atoms with van der Waals surface area (Å²) in [5.41, 5.74) is 3.03. The molecule has 0 aliphatic heterocycles. The predicted octanol–water partition coefficient (Wildman–Crippen LogP) is 2.86. The van der Waals surface area contributed by atoms with E-state index in [1.165, 1.54) is 5.56 Å². The average molecular weight is 326 g/mol. The van der Waals surface area contributed by atoms with Crippen LogP contribution >= 0.6 is 11.3 Å². The van der Waals surface area contributed by atoms with E-state index >= 15 is 0 Å². The highest BCUT2D eigenvalue weighted by Crippen LogP contribution is 2.17. The Bertz CT molecular complexity index is 718. The van der Waals surface area contributed by atoms with Gasteiger partial charge in [-0.15, -0.1) is 0 Å². The molecule has 0 fully saturated rings. The van der Waals surface area contributed by atoms with E-state index in [-0.39, 0.29) is 12.5 Å². The molecule has 0 radical (unpaired) electrons. The Morgan fingerprint density at radius 1 is 1.22 bits per heavy atom. The standard InChI is InChI=1S/C17H18N4OS/c22-11-14(8-13-4-7-23-12-13)9-20-17-19-6-3-16(21-17)15-2-1-5-18-10-15/h1-7,10,12,14,22H,8-9,11H2,(H,19,20,21). The van der Waals surface area contributed by atoms with Crippen molar-refractivity contribution in [3.8, 4) is 11.3 Å². The third-order valence-corrected chi connectivity index (χ3v) is 4.26. The summed E-state index contributed by atoms with van der Waals surface area (Å²) in [6.07, 6.45) is 6.08. The Morgan fingerprint density at radius 2 is 2.17 bits per heavy atom. The highest BCUT2D eigenvalue weighted by molar-refractivity contribution is 7.07. The number of anilines is 1. The lowest BCUT2D eigenvalue weighted by Gasteiger charge is -2.14. The molecule has 0 saturated carbocycles. The van der Waals surface area contributed by atoms with Crippen LogP contribution in [0.15, 0.2) is 53.6 Å². The number of hydrogen-bond donors (Lipinski definition) is 2. The molecular formula is C17H18N4OS. The van der Waals surface area contributed by atoms with Crippen LogP contribution in [-0.2, 0) is 6.42 Å². The molecule has 0 aliphatic carbocycles. The van der Waals surface area contributed by atoms with Gasteiger partial charge in [0.25, 0.3) is 0 Å². The molecule has 0 aromatic carbocycles. The van der Waals surface area contributed by atoms with Crippen LogP contribution in [0, 0.1) is 5.92 Å². The number of pyridine rings is 1. The van der Waals surface area contributed by atoms with E-state index in [1.807, 2.05) is 18.2 Å². The van der Waals surface area contributed by atoms with Gasteiger partial charge in [0.15, 0.2) is 0 Å². The van der Waals surface area contributed by atoms with E-state index < -0.39 is 0 Å². The Hall–Kier alpha value is -2.31. The molecule has 1 unspecified atom stereocenters. The molecule has 118 valence electrons. The van der Waals surface area contributed by atoms with E-state index in [0.717, 1.165) is 17.7 Å². The second kappa shape index (κ2) is 7.80. The van der Waals surface area contributed by atoms with Crippen LogP contribution in [0.3, 0.4) is 0 Å². The first-order valence-corrected chi connectivity index (χ1v) is 8.38. The smallest absolute Gasteiger partial charge is 0.223 e. The molecular weight excluding hydrogens is 308 g/mol. The Morgan fingerprint density at radius 3 is 2.91 bits per heavy atom. The molecule has 23 heavy (non-hydrogen) atoms. The maximum atomic E-state index is 9.55. The summed E-state index contributed by atoms with van der Waals surface area (Å²) in [5.74, 6) is 0.699. The lowest BCUT2D eigenvalue weighted by atomic mass is 10.0. The van der Waals surface area contributed by atoms with Gasteiger partial charge in [-0.05, 0) is 47.0 Å². The summed E-state index contributed by atoms with van der Waals surface area (Å²) < 4.78 is 0. The van der Waals surface area contributed by atoms with Gasteiger partial charge in [-0.2, -0.15) is 11.3 Å². The normalized spacial score (nSPS) is 12.0. The first kappa shape index (κ1) is 15.6. The summed E-state index contributed by atoms with van der Waals surface area (Å²) in [5, 5.41) is 16.9. The zero-order valence-corrected chi connectivity index (χ0v) is 13.4. The van der Waals surface area contributed by atoms with Gasteiger partial charge in [0, 0.05) is 43.2 Å². The SMILES string of the molecule is OCC(CNc1nccc(-c2cccnc2)n1)Cc1ccsc1. The average Bonchev–Trinajstić information content (AvgIpc) is 3.13. The first-order valence-electron chi connectivity index (χ1n) is 7.44. The summed E-state index contributed by atoms with van der Waals surface area (Å²) >= 11 is 1.67. The Balaban J connectivity index is 1.63. The van der Waals surface area contributed by atoms with Crippen molar-refractivity contribution in [2.24, 2.45) is 5.92 Å². The largest absolute Gasteiger partial charge is 0.396 e. The molecule has 3 rings (SSSR count). The van der Waals surface area contributed by atoms with E-state index in [1.54, 1.807) is 29.9 Å².